The molecule has 2 saturated carbocycles. The zero-order valence-electron chi connectivity index (χ0n) is 27.7. The number of ether oxygens (including phenoxy) is 2. The average Bonchev–Trinajstić information content (AvgIpc) is 3.92. The molecule has 2 N–H and O–H groups in total. The summed E-state index contributed by atoms with van der Waals surface area (Å²) in [5.41, 5.74) is -1.41. The third-order valence-corrected chi connectivity index (χ3v) is 12.8. The van der Waals surface area contributed by atoms with Gasteiger partial charge in [-0.05, 0) is 68.7 Å². The number of benzene rings is 1. The molecule has 0 radical (unpaired) electrons. The molecule has 47 heavy (non-hydrogen) atoms. The largest absolute Gasteiger partial charge is 0.481 e. The highest BCUT2D eigenvalue weighted by Gasteiger charge is 2.63. The first-order chi connectivity index (χ1) is 22.4. The van der Waals surface area contributed by atoms with E-state index in [9.17, 15) is 22.8 Å². The number of hydrogen-bond acceptors (Lipinski definition) is 8. The predicted octanol–water partition coefficient (Wildman–Crippen LogP) is 4.26. The monoisotopic (exact) mass is 666 g/mol. The first-order valence-electron chi connectivity index (χ1n) is 16.8. The highest BCUT2D eigenvalue weighted by molar-refractivity contribution is 7.91. The third kappa shape index (κ3) is 6.71. The molecule has 254 valence electrons. The van der Waals surface area contributed by atoms with Crippen molar-refractivity contribution < 1.29 is 32.3 Å². The van der Waals surface area contributed by atoms with Gasteiger partial charge < -0.3 is 19.7 Å². The second-order valence-corrected chi connectivity index (χ2v) is 16.4. The van der Waals surface area contributed by atoms with Crippen molar-refractivity contribution in [3.8, 4) is 11.8 Å². The van der Waals surface area contributed by atoms with Crippen molar-refractivity contribution in [2.75, 3.05) is 13.7 Å². The number of fused-ring (bicyclic) bond motifs is 3. The number of aromatic nitrogens is 1. The molecule has 12 heteroatoms. The lowest BCUT2D eigenvalue weighted by atomic mass is 9.88. The molecule has 11 nitrogen and oxygen atoms in total. The van der Waals surface area contributed by atoms with Crippen LogP contribution in [0.5, 0.6) is 11.8 Å². The van der Waals surface area contributed by atoms with E-state index >= 15 is 0 Å². The normalized spacial score (nSPS) is 31.4. The summed E-state index contributed by atoms with van der Waals surface area (Å²) in [5, 5.41) is 4.60. The molecule has 6 rings (SSSR count). The standard InChI is InChI=1S/C35H46N4O7S/c1-5-23-16-22(2)10-6-8-12-25-20-35(25,33(42)38-47(43,44)34(3)14-15-34)37-31(41)28-19-26(21-39(28)30(40)17-23)46-32-27-13-9-7-11-24(27)18-29(36-32)45-4/h7-9,11-13,18,22-23,25-26,28H,5-6,10,14-17,19-21H2,1-4H3,(H,37,41)(H,38,42)/b12-8-/t22-,23-,25-,26-,28+,35-/m1/s1. The Morgan fingerprint density at radius 1 is 1.19 bits per heavy atom. The van der Waals surface area contributed by atoms with E-state index in [4.69, 9.17) is 9.47 Å². The van der Waals surface area contributed by atoms with Gasteiger partial charge in [-0.25, -0.2) is 8.42 Å². The van der Waals surface area contributed by atoms with Crippen LogP contribution in [-0.4, -0.2) is 72.1 Å². The average molecular weight is 667 g/mol. The topological polar surface area (TPSA) is 144 Å². The number of allylic oxidation sites excluding steroid dienone is 1. The predicted molar refractivity (Wildman–Crippen MR) is 177 cm³/mol. The van der Waals surface area contributed by atoms with Gasteiger partial charge in [-0.1, -0.05) is 50.6 Å². The van der Waals surface area contributed by atoms with Gasteiger partial charge in [0.1, 0.15) is 17.7 Å². The van der Waals surface area contributed by atoms with Crippen molar-refractivity contribution in [1.82, 2.24) is 19.9 Å². The molecule has 6 atom stereocenters. The van der Waals surface area contributed by atoms with Gasteiger partial charge in [-0.2, -0.15) is 4.98 Å². The Bertz CT molecular complexity index is 1690. The molecule has 4 aliphatic rings. The van der Waals surface area contributed by atoms with E-state index in [0.717, 1.165) is 36.5 Å². The highest BCUT2D eigenvalue weighted by Crippen LogP contribution is 2.47. The maximum absolute atomic E-state index is 14.2. The van der Waals surface area contributed by atoms with Gasteiger partial charge in [0.25, 0.3) is 5.91 Å². The van der Waals surface area contributed by atoms with Crippen LogP contribution < -0.4 is 19.5 Å². The number of nitrogens with zero attached hydrogens (tertiary/aromatic N) is 2. The van der Waals surface area contributed by atoms with Gasteiger partial charge in [0.05, 0.1) is 18.4 Å². The van der Waals surface area contributed by atoms with Crippen LogP contribution in [-0.2, 0) is 24.4 Å². The zero-order chi connectivity index (χ0) is 33.6. The van der Waals surface area contributed by atoms with Crippen molar-refractivity contribution in [3.05, 3.63) is 42.5 Å². The molecule has 3 heterocycles. The zero-order valence-corrected chi connectivity index (χ0v) is 28.5. The number of carbonyl (C=O) groups excluding carboxylic acids is 3. The van der Waals surface area contributed by atoms with Gasteiger partial charge in [0, 0.05) is 30.2 Å². The van der Waals surface area contributed by atoms with E-state index in [1.807, 2.05) is 42.5 Å². The molecule has 1 saturated heterocycles. The highest BCUT2D eigenvalue weighted by atomic mass is 32.2. The molecule has 0 unspecified atom stereocenters. The Hall–Kier alpha value is -3.67. The first kappa shape index (κ1) is 33.2. The Kier molecular flexibility index (Phi) is 9.01. The lowest BCUT2D eigenvalue weighted by Gasteiger charge is -2.28. The van der Waals surface area contributed by atoms with Crippen LogP contribution in [0.15, 0.2) is 42.5 Å². The SMILES string of the molecule is CC[C@H]1CC(=O)N2C[C@H](Oc3nc(OC)cc4ccccc34)C[C@H]2C(=O)N[C@]2(C(=O)NS(=O)(=O)C3(C)CC3)C[C@H]2/C=C\CC[C@@H](C)C1. The maximum atomic E-state index is 14.2. The Morgan fingerprint density at radius 3 is 2.68 bits per heavy atom. The van der Waals surface area contributed by atoms with Gasteiger partial charge in [-0.3, -0.25) is 19.1 Å². The summed E-state index contributed by atoms with van der Waals surface area (Å²) in [5.74, 6) is -0.433. The molecule has 3 fully saturated rings. The molecule has 2 aliphatic carbocycles. The van der Waals surface area contributed by atoms with E-state index in [1.165, 1.54) is 7.11 Å². The van der Waals surface area contributed by atoms with Crippen molar-refractivity contribution in [1.29, 1.82) is 0 Å². The van der Waals surface area contributed by atoms with Gasteiger partial charge in [0.2, 0.25) is 33.6 Å². The van der Waals surface area contributed by atoms with Gasteiger partial charge in [-0.15, -0.1) is 0 Å². The summed E-state index contributed by atoms with van der Waals surface area (Å²) in [6, 6.07) is 8.54. The second kappa shape index (κ2) is 12.7. The third-order valence-electron chi connectivity index (χ3n) is 10.6. The minimum Gasteiger partial charge on any atom is -0.481 e. The molecule has 0 spiro atoms. The number of hydrogen-bond donors (Lipinski definition) is 2. The van der Waals surface area contributed by atoms with Crippen LogP contribution in [0.2, 0.25) is 0 Å². The maximum Gasteiger partial charge on any atom is 0.259 e. The van der Waals surface area contributed by atoms with E-state index in [1.54, 1.807) is 11.8 Å². The van der Waals surface area contributed by atoms with Crippen molar-refractivity contribution in [3.63, 3.8) is 0 Å². The van der Waals surface area contributed by atoms with Crippen LogP contribution in [0.1, 0.15) is 78.6 Å². The molecule has 1 aromatic carbocycles. The van der Waals surface area contributed by atoms with E-state index in [2.05, 4.69) is 28.9 Å². The van der Waals surface area contributed by atoms with E-state index in [0.29, 0.717) is 36.9 Å². The number of carbonyl (C=O) groups is 3. The summed E-state index contributed by atoms with van der Waals surface area (Å²) in [7, 11) is -2.38. The molecular formula is C35H46N4O7S. The minimum absolute atomic E-state index is 0.137. The van der Waals surface area contributed by atoms with Crippen LogP contribution in [0.3, 0.4) is 0 Å². The Balaban J connectivity index is 1.30. The van der Waals surface area contributed by atoms with Crippen LogP contribution in [0.25, 0.3) is 10.8 Å². The summed E-state index contributed by atoms with van der Waals surface area (Å²) in [6.07, 6.45) is 8.60. The van der Waals surface area contributed by atoms with Crippen LogP contribution in [0, 0.1) is 17.8 Å². The van der Waals surface area contributed by atoms with Crippen molar-refractivity contribution in [2.45, 2.75) is 101 Å². The van der Waals surface area contributed by atoms with E-state index < -0.39 is 44.3 Å². The van der Waals surface area contributed by atoms with E-state index in [-0.39, 0.29) is 37.1 Å². The number of nitrogens with one attached hydrogen (secondary N) is 2. The van der Waals surface area contributed by atoms with Crippen molar-refractivity contribution >= 4 is 38.5 Å². The summed E-state index contributed by atoms with van der Waals surface area (Å²) >= 11 is 0. The fourth-order valence-electron chi connectivity index (χ4n) is 7.06. The van der Waals surface area contributed by atoms with Gasteiger partial charge in [0.15, 0.2) is 0 Å². The summed E-state index contributed by atoms with van der Waals surface area (Å²) in [4.78, 5) is 48.0. The van der Waals surface area contributed by atoms with Crippen LogP contribution in [0.4, 0.5) is 0 Å². The fourth-order valence-corrected chi connectivity index (χ4v) is 8.37. The van der Waals surface area contributed by atoms with Crippen molar-refractivity contribution in [2.24, 2.45) is 17.8 Å². The number of rotatable bonds is 7. The minimum atomic E-state index is -3.92. The summed E-state index contributed by atoms with van der Waals surface area (Å²) < 4.78 is 39.2. The number of amides is 3. The lowest BCUT2D eigenvalue weighted by molar-refractivity contribution is -0.140. The molecule has 2 aliphatic heterocycles. The summed E-state index contributed by atoms with van der Waals surface area (Å²) in [6.45, 7) is 6.07. The molecule has 0 bridgehead atoms. The Morgan fingerprint density at radius 2 is 1.96 bits per heavy atom. The number of methoxy groups -OCH3 is 1. The lowest BCUT2D eigenvalue weighted by Crippen LogP contribution is -2.57. The quantitative estimate of drug-likeness (QED) is 0.418. The Labute approximate surface area is 276 Å². The fraction of sp³-hybridized carbons (Fsp3) is 0.600. The number of pyridine rings is 1. The molecular weight excluding hydrogens is 620 g/mol. The number of sulfonamides is 1. The smallest absolute Gasteiger partial charge is 0.259 e. The van der Waals surface area contributed by atoms with Gasteiger partial charge >= 0.3 is 0 Å². The molecule has 2 aromatic rings. The van der Waals surface area contributed by atoms with Crippen LogP contribution >= 0.6 is 0 Å². The molecule has 1 aromatic heterocycles. The molecule has 3 amide bonds. The second-order valence-electron chi connectivity index (χ2n) is 14.2. The first-order valence-corrected chi connectivity index (χ1v) is 18.3.